The van der Waals surface area contributed by atoms with Crippen LogP contribution in [0.1, 0.15) is 20.3 Å². The molecule has 136 valence electrons. The Bertz CT molecular complexity index is 708. The molecule has 2 aromatic rings. The van der Waals surface area contributed by atoms with Gasteiger partial charge in [-0.25, -0.2) is 0 Å². The van der Waals surface area contributed by atoms with Gasteiger partial charge in [0.15, 0.2) is 5.96 Å². The Balaban J connectivity index is 1.81. The zero-order valence-electron chi connectivity index (χ0n) is 15.3. The van der Waals surface area contributed by atoms with E-state index in [0.29, 0.717) is 6.54 Å². The van der Waals surface area contributed by atoms with Crippen molar-refractivity contribution in [2.24, 2.45) is 10.9 Å². The van der Waals surface area contributed by atoms with E-state index in [9.17, 15) is 4.79 Å². The lowest BCUT2D eigenvalue weighted by Gasteiger charge is -2.13. The molecule has 2 rings (SSSR count). The molecule has 1 unspecified atom stereocenters. The summed E-state index contributed by atoms with van der Waals surface area (Å²) >= 11 is 0. The van der Waals surface area contributed by atoms with Crippen LogP contribution in [0.4, 0.5) is 0 Å². The molecule has 25 heavy (non-hydrogen) atoms. The van der Waals surface area contributed by atoms with Crippen LogP contribution in [-0.4, -0.2) is 43.2 Å². The Morgan fingerprint density at radius 3 is 2.84 bits per heavy atom. The van der Waals surface area contributed by atoms with E-state index in [0.717, 1.165) is 32.0 Å². The fourth-order valence-corrected chi connectivity index (χ4v) is 2.64. The van der Waals surface area contributed by atoms with Gasteiger partial charge in [0.1, 0.15) is 0 Å². The molecule has 0 bridgehead atoms. The summed E-state index contributed by atoms with van der Waals surface area (Å²) in [5, 5.41) is 7.78. The summed E-state index contributed by atoms with van der Waals surface area (Å²) in [6.07, 6.45) is 3.11. The van der Waals surface area contributed by atoms with Crippen LogP contribution >= 0.6 is 0 Å². The second-order valence-electron chi connectivity index (χ2n) is 5.99. The predicted octanol–water partition coefficient (Wildman–Crippen LogP) is 2.40. The number of aromatic nitrogens is 1. The maximum Gasteiger partial charge on any atom is 0.310 e. The Morgan fingerprint density at radius 1 is 1.28 bits per heavy atom. The highest BCUT2D eigenvalue weighted by Gasteiger charge is 2.12. The van der Waals surface area contributed by atoms with Crippen LogP contribution < -0.4 is 10.6 Å². The third kappa shape index (κ3) is 5.52. The van der Waals surface area contributed by atoms with Gasteiger partial charge in [-0.2, -0.15) is 0 Å². The Labute approximate surface area is 149 Å². The van der Waals surface area contributed by atoms with Gasteiger partial charge >= 0.3 is 5.97 Å². The number of nitrogens with zero attached hydrogens (tertiary/aromatic N) is 2. The first-order valence-electron chi connectivity index (χ1n) is 8.79. The number of nitrogens with one attached hydrogen (secondary N) is 2. The second-order valence-corrected chi connectivity index (χ2v) is 5.99. The zero-order chi connectivity index (χ0) is 18.1. The molecule has 0 saturated carbocycles. The highest BCUT2D eigenvalue weighted by Crippen LogP contribution is 2.15. The van der Waals surface area contributed by atoms with E-state index in [-0.39, 0.29) is 11.9 Å². The summed E-state index contributed by atoms with van der Waals surface area (Å²) in [5.74, 6) is 0.251. The fraction of sp³-hybridized carbons (Fsp3) is 0.474. The lowest BCUT2D eigenvalue weighted by Crippen LogP contribution is -2.38. The molecule has 0 aliphatic carbocycles. The second kappa shape index (κ2) is 9.71. The minimum absolute atomic E-state index is 0.237. The molecule has 6 heteroatoms. The zero-order valence-corrected chi connectivity index (χ0v) is 15.3. The summed E-state index contributed by atoms with van der Waals surface area (Å²) in [6, 6.07) is 10.5. The first-order valence-corrected chi connectivity index (χ1v) is 8.79. The molecule has 6 nitrogen and oxygen atoms in total. The number of carbonyl (C=O) groups excluding carboxylic acids is 1. The number of fused-ring (bicyclic) bond motifs is 1. The molecule has 2 N–H and O–H groups in total. The molecule has 0 radical (unpaired) electrons. The van der Waals surface area contributed by atoms with Crippen LogP contribution in [0.25, 0.3) is 10.9 Å². The van der Waals surface area contributed by atoms with Gasteiger partial charge in [0.2, 0.25) is 0 Å². The normalized spacial score (nSPS) is 12.8. The van der Waals surface area contributed by atoms with Crippen molar-refractivity contribution in [2.45, 2.75) is 26.8 Å². The fourth-order valence-electron chi connectivity index (χ4n) is 2.64. The van der Waals surface area contributed by atoms with E-state index in [1.54, 1.807) is 0 Å². The number of hydrogen-bond acceptors (Lipinski definition) is 3. The van der Waals surface area contributed by atoms with Crippen LogP contribution in [0.3, 0.4) is 0 Å². The highest BCUT2D eigenvalue weighted by atomic mass is 16.5. The van der Waals surface area contributed by atoms with Crippen molar-refractivity contribution >= 4 is 22.8 Å². The minimum atomic E-state index is -0.244. The number of ether oxygens (including phenoxy) is 1. The number of hydrogen-bond donors (Lipinski definition) is 2. The first kappa shape index (κ1) is 18.8. The largest absolute Gasteiger partial charge is 0.469 e. The Kier molecular flexibility index (Phi) is 7.32. The molecule has 0 saturated heterocycles. The highest BCUT2D eigenvalue weighted by molar-refractivity contribution is 5.81. The number of methoxy groups -OCH3 is 1. The molecule has 0 spiro atoms. The third-order valence-electron chi connectivity index (χ3n) is 4.02. The van der Waals surface area contributed by atoms with Crippen LogP contribution in [0.2, 0.25) is 0 Å². The van der Waals surface area contributed by atoms with Gasteiger partial charge in [-0.05, 0) is 30.9 Å². The molecule has 1 heterocycles. The lowest BCUT2D eigenvalue weighted by atomic mass is 10.2. The quantitative estimate of drug-likeness (QED) is 0.334. The molecule has 1 aromatic heterocycles. The molecular weight excluding hydrogens is 316 g/mol. The van der Waals surface area contributed by atoms with Crippen LogP contribution in [-0.2, 0) is 16.1 Å². The number of carbonyl (C=O) groups is 1. The lowest BCUT2D eigenvalue weighted by molar-refractivity contribution is -0.144. The average molecular weight is 344 g/mol. The molecule has 0 amide bonds. The third-order valence-corrected chi connectivity index (χ3v) is 4.02. The van der Waals surface area contributed by atoms with Crippen molar-refractivity contribution in [1.29, 1.82) is 0 Å². The molecule has 0 fully saturated rings. The molecule has 1 atom stereocenters. The van der Waals surface area contributed by atoms with Crippen LogP contribution in [0, 0.1) is 5.92 Å². The van der Waals surface area contributed by atoms with E-state index in [4.69, 9.17) is 4.74 Å². The summed E-state index contributed by atoms with van der Waals surface area (Å²) in [5.41, 5.74) is 1.26. The summed E-state index contributed by atoms with van der Waals surface area (Å²) in [4.78, 5) is 15.9. The summed E-state index contributed by atoms with van der Waals surface area (Å²) in [7, 11) is 1.40. The van der Waals surface area contributed by atoms with Gasteiger partial charge in [0.05, 0.1) is 19.6 Å². The standard InChI is InChI=1S/C19H28N4O2/c1-4-20-19(22-14-15(2)18(24)25-3)21-11-7-12-23-13-10-16-8-5-6-9-17(16)23/h5-6,8-10,13,15H,4,7,11-12,14H2,1-3H3,(H2,20,21,22). The number of aliphatic imine (C=N–C) groups is 1. The van der Waals surface area contributed by atoms with Crippen LogP contribution in [0.15, 0.2) is 41.5 Å². The SMILES string of the molecule is CCNC(=NCC(C)C(=O)OC)NCCCn1ccc2ccccc21. The molecular formula is C19H28N4O2. The van der Waals surface area contributed by atoms with Gasteiger partial charge in [-0.1, -0.05) is 25.1 Å². The number of benzene rings is 1. The van der Waals surface area contributed by atoms with Crippen molar-refractivity contribution in [1.82, 2.24) is 15.2 Å². The average Bonchev–Trinajstić information content (AvgIpc) is 3.05. The molecule has 1 aromatic carbocycles. The van der Waals surface area contributed by atoms with Crippen molar-refractivity contribution < 1.29 is 9.53 Å². The molecule has 0 aliphatic rings. The number of para-hydroxylation sites is 1. The smallest absolute Gasteiger partial charge is 0.310 e. The molecule has 0 aliphatic heterocycles. The van der Waals surface area contributed by atoms with E-state index < -0.39 is 0 Å². The first-order chi connectivity index (χ1) is 12.2. The Morgan fingerprint density at radius 2 is 2.08 bits per heavy atom. The van der Waals surface area contributed by atoms with Crippen molar-refractivity contribution in [3.05, 3.63) is 36.5 Å². The van der Waals surface area contributed by atoms with Crippen molar-refractivity contribution in [3.8, 4) is 0 Å². The Hall–Kier alpha value is -2.50. The number of guanidine groups is 1. The minimum Gasteiger partial charge on any atom is -0.469 e. The predicted molar refractivity (Wildman–Crippen MR) is 102 cm³/mol. The van der Waals surface area contributed by atoms with Gasteiger partial charge in [-0.15, -0.1) is 0 Å². The summed E-state index contributed by atoms with van der Waals surface area (Å²) in [6.45, 7) is 6.78. The number of aryl methyl sites for hydroxylation is 1. The summed E-state index contributed by atoms with van der Waals surface area (Å²) < 4.78 is 6.99. The van der Waals surface area contributed by atoms with E-state index in [1.807, 2.05) is 13.8 Å². The van der Waals surface area contributed by atoms with Gasteiger partial charge in [0.25, 0.3) is 0 Å². The van der Waals surface area contributed by atoms with E-state index >= 15 is 0 Å². The monoisotopic (exact) mass is 344 g/mol. The van der Waals surface area contributed by atoms with E-state index in [1.165, 1.54) is 18.0 Å². The van der Waals surface area contributed by atoms with E-state index in [2.05, 4.69) is 56.7 Å². The van der Waals surface area contributed by atoms with Gasteiger partial charge in [-0.3, -0.25) is 9.79 Å². The van der Waals surface area contributed by atoms with Gasteiger partial charge < -0.3 is 19.9 Å². The topological polar surface area (TPSA) is 67.7 Å². The van der Waals surface area contributed by atoms with Gasteiger partial charge in [0, 0.05) is 31.3 Å². The number of esters is 1. The maximum absolute atomic E-state index is 11.4. The maximum atomic E-state index is 11.4. The number of rotatable bonds is 8. The van der Waals surface area contributed by atoms with Crippen molar-refractivity contribution in [3.63, 3.8) is 0 Å². The van der Waals surface area contributed by atoms with Crippen LogP contribution in [0.5, 0.6) is 0 Å². The van der Waals surface area contributed by atoms with Crippen molar-refractivity contribution in [2.75, 3.05) is 26.7 Å².